The maximum Gasteiger partial charge on any atom is 0.422 e. The van der Waals surface area contributed by atoms with E-state index >= 15 is 0 Å². The normalized spacial score (nSPS) is 16.7. The van der Waals surface area contributed by atoms with Crippen LogP contribution in [0.4, 0.5) is 13.2 Å². The van der Waals surface area contributed by atoms with Gasteiger partial charge in [0.1, 0.15) is 0 Å². The Morgan fingerprint density at radius 3 is 2.35 bits per heavy atom. The molecule has 0 aliphatic carbocycles. The van der Waals surface area contributed by atoms with Crippen LogP contribution in [0.2, 0.25) is 10.0 Å². The van der Waals surface area contributed by atoms with Gasteiger partial charge in [0.05, 0.1) is 22.0 Å². The van der Waals surface area contributed by atoms with E-state index in [0.29, 0.717) is 11.6 Å². The van der Waals surface area contributed by atoms with Crippen molar-refractivity contribution in [3.63, 3.8) is 0 Å². The highest BCUT2D eigenvalue weighted by Gasteiger charge is 2.55. The molecule has 7 heteroatoms. The molecule has 1 aromatic rings. The molecule has 0 saturated heterocycles. The average Bonchev–Trinajstić information content (AvgIpc) is 2.37. The fourth-order valence-corrected chi connectivity index (χ4v) is 1.73. The van der Waals surface area contributed by atoms with Gasteiger partial charge in [-0.1, -0.05) is 35.3 Å². The van der Waals surface area contributed by atoms with E-state index in [4.69, 9.17) is 28.5 Å². The molecule has 0 radical (unpaired) electrons. The Balaban J connectivity index is 3.17. The molecule has 108 valence electrons. The van der Waals surface area contributed by atoms with Crippen molar-refractivity contribution in [1.29, 1.82) is 5.26 Å². The van der Waals surface area contributed by atoms with Crippen molar-refractivity contribution in [2.45, 2.75) is 18.7 Å². The fourth-order valence-electron chi connectivity index (χ4n) is 1.42. The van der Waals surface area contributed by atoms with Gasteiger partial charge in [0, 0.05) is 0 Å². The molecule has 1 rings (SSSR count). The highest BCUT2D eigenvalue weighted by Crippen LogP contribution is 2.38. The summed E-state index contributed by atoms with van der Waals surface area (Å²) in [7, 11) is 0. The quantitative estimate of drug-likeness (QED) is 0.892. The van der Waals surface area contributed by atoms with Crippen LogP contribution in [-0.2, 0) is 0 Å². The number of aliphatic hydroxyl groups is 1. The predicted octanol–water partition coefficient (Wildman–Crippen LogP) is 4.46. The van der Waals surface area contributed by atoms with Gasteiger partial charge in [-0.2, -0.15) is 18.4 Å². The molecular weight excluding hydrogens is 314 g/mol. The first-order valence-corrected chi connectivity index (χ1v) is 6.20. The van der Waals surface area contributed by atoms with Crippen LogP contribution in [0, 0.1) is 17.2 Å². The standard InChI is InChI=1S/C13H10Cl2F3NO/c1-8(7-19)12(20,13(16,17)18)5-4-9-2-3-10(14)11(15)6-9/h2-6,8,20H,1H3/b5-4+. The van der Waals surface area contributed by atoms with Crippen LogP contribution in [0.1, 0.15) is 12.5 Å². The van der Waals surface area contributed by atoms with Gasteiger partial charge in [0.15, 0.2) is 5.60 Å². The highest BCUT2D eigenvalue weighted by atomic mass is 35.5. The summed E-state index contributed by atoms with van der Waals surface area (Å²) in [5, 5.41) is 18.8. The van der Waals surface area contributed by atoms with Gasteiger partial charge in [0.2, 0.25) is 0 Å². The SMILES string of the molecule is CC(C#N)C(O)(/C=C/c1ccc(Cl)c(Cl)c1)C(F)(F)F. The van der Waals surface area contributed by atoms with Crippen molar-refractivity contribution < 1.29 is 18.3 Å². The molecule has 0 aromatic heterocycles. The summed E-state index contributed by atoms with van der Waals surface area (Å²) < 4.78 is 38.7. The monoisotopic (exact) mass is 323 g/mol. The maximum atomic E-state index is 12.9. The van der Waals surface area contributed by atoms with Crippen molar-refractivity contribution >= 4 is 29.3 Å². The lowest BCUT2D eigenvalue weighted by Crippen LogP contribution is -2.48. The summed E-state index contributed by atoms with van der Waals surface area (Å²) in [6.07, 6.45) is -3.38. The van der Waals surface area contributed by atoms with E-state index in [9.17, 15) is 18.3 Å². The van der Waals surface area contributed by atoms with Crippen molar-refractivity contribution in [2.75, 3.05) is 0 Å². The van der Waals surface area contributed by atoms with E-state index in [0.717, 1.165) is 13.0 Å². The number of nitriles is 1. The third-order valence-corrected chi connectivity index (χ3v) is 3.52. The zero-order valence-corrected chi connectivity index (χ0v) is 11.8. The Kier molecular flexibility index (Phi) is 5.09. The van der Waals surface area contributed by atoms with E-state index in [1.54, 1.807) is 0 Å². The molecule has 0 spiro atoms. The van der Waals surface area contributed by atoms with Crippen LogP contribution in [-0.4, -0.2) is 16.9 Å². The van der Waals surface area contributed by atoms with E-state index in [2.05, 4.69) is 0 Å². The van der Waals surface area contributed by atoms with Crippen LogP contribution in [0.5, 0.6) is 0 Å². The number of hydrogen-bond acceptors (Lipinski definition) is 2. The minimum atomic E-state index is -4.96. The van der Waals surface area contributed by atoms with E-state index in [1.165, 1.54) is 24.3 Å². The second-order valence-electron chi connectivity index (χ2n) is 4.18. The molecule has 2 nitrogen and oxygen atoms in total. The largest absolute Gasteiger partial charge is 0.422 e. The van der Waals surface area contributed by atoms with Gasteiger partial charge >= 0.3 is 6.18 Å². The number of nitrogens with zero attached hydrogens (tertiary/aromatic N) is 1. The third-order valence-electron chi connectivity index (χ3n) is 2.78. The van der Waals surface area contributed by atoms with Gasteiger partial charge in [0.25, 0.3) is 0 Å². The van der Waals surface area contributed by atoms with Crippen molar-refractivity contribution in [1.82, 2.24) is 0 Å². The number of rotatable bonds is 3. The van der Waals surface area contributed by atoms with Crippen molar-refractivity contribution in [2.24, 2.45) is 5.92 Å². The lowest BCUT2D eigenvalue weighted by Gasteiger charge is -2.29. The van der Waals surface area contributed by atoms with Gasteiger partial charge < -0.3 is 5.11 Å². The first-order chi connectivity index (χ1) is 9.11. The lowest BCUT2D eigenvalue weighted by atomic mass is 9.88. The molecule has 0 aliphatic heterocycles. The molecule has 0 amide bonds. The minimum absolute atomic E-state index is 0.178. The Bertz CT molecular complexity index is 566. The van der Waals surface area contributed by atoms with Gasteiger partial charge in [-0.25, -0.2) is 0 Å². The fraction of sp³-hybridized carbons (Fsp3) is 0.308. The van der Waals surface area contributed by atoms with Gasteiger partial charge in [-0.15, -0.1) is 0 Å². The summed E-state index contributed by atoms with van der Waals surface area (Å²) in [5.41, 5.74) is -2.90. The molecule has 0 saturated carbocycles. The number of alkyl halides is 3. The Hall–Kier alpha value is -1.22. The molecular formula is C13H10Cl2F3NO. The molecule has 0 bridgehead atoms. The van der Waals surface area contributed by atoms with Crippen LogP contribution >= 0.6 is 23.2 Å². The van der Waals surface area contributed by atoms with Crippen LogP contribution in [0.25, 0.3) is 6.08 Å². The maximum absolute atomic E-state index is 12.9. The van der Waals surface area contributed by atoms with Crippen LogP contribution < -0.4 is 0 Å². The predicted molar refractivity (Wildman–Crippen MR) is 71.3 cm³/mol. The summed E-state index contributed by atoms with van der Waals surface area (Å²) >= 11 is 11.4. The lowest BCUT2D eigenvalue weighted by molar-refractivity contribution is -0.249. The van der Waals surface area contributed by atoms with Crippen LogP contribution in [0.15, 0.2) is 24.3 Å². The van der Waals surface area contributed by atoms with Gasteiger partial charge in [-0.3, -0.25) is 0 Å². The number of hydrogen-bond donors (Lipinski definition) is 1. The molecule has 0 aliphatic rings. The van der Waals surface area contributed by atoms with E-state index in [-0.39, 0.29) is 10.0 Å². The first kappa shape index (κ1) is 16.8. The molecule has 2 atom stereocenters. The molecule has 20 heavy (non-hydrogen) atoms. The highest BCUT2D eigenvalue weighted by molar-refractivity contribution is 6.42. The summed E-state index contributed by atoms with van der Waals surface area (Å²) in [4.78, 5) is 0. The second-order valence-corrected chi connectivity index (χ2v) is 5.00. The second kappa shape index (κ2) is 6.04. The molecule has 1 N–H and O–H groups in total. The summed E-state index contributed by atoms with van der Waals surface area (Å²) in [6, 6.07) is 5.62. The zero-order chi connectivity index (χ0) is 15.6. The topological polar surface area (TPSA) is 44.0 Å². The summed E-state index contributed by atoms with van der Waals surface area (Å²) in [6.45, 7) is 0.993. The smallest absolute Gasteiger partial charge is 0.376 e. The van der Waals surface area contributed by atoms with Gasteiger partial charge in [-0.05, 0) is 30.7 Å². The Morgan fingerprint density at radius 2 is 1.90 bits per heavy atom. The van der Waals surface area contributed by atoms with Crippen molar-refractivity contribution in [3.8, 4) is 6.07 Å². The molecule has 2 unspecified atom stereocenters. The first-order valence-electron chi connectivity index (χ1n) is 5.45. The Labute approximate surface area is 124 Å². The molecule has 0 fully saturated rings. The Morgan fingerprint density at radius 1 is 1.30 bits per heavy atom. The third kappa shape index (κ3) is 3.45. The van der Waals surface area contributed by atoms with Crippen molar-refractivity contribution in [3.05, 3.63) is 39.9 Å². The minimum Gasteiger partial charge on any atom is -0.376 e. The zero-order valence-electron chi connectivity index (χ0n) is 10.2. The number of benzene rings is 1. The van der Waals surface area contributed by atoms with Crippen LogP contribution in [0.3, 0.4) is 0 Å². The van der Waals surface area contributed by atoms with E-state index in [1.807, 2.05) is 0 Å². The summed E-state index contributed by atoms with van der Waals surface area (Å²) in [5.74, 6) is -1.65. The van der Waals surface area contributed by atoms with E-state index < -0.39 is 17.7 Å². The molecule has 1 aromatic carbocycles. The average molecular weight is 324 g/mol. The molecule has 0 heterocycles. The number of halogens is 5.